The first-order valence-corrected chi connectivity index (χ1v) is 9.05. The number of carbonyl (C=O) groups excluding carboxylic acids is 2. The second-order valence-corrected chi connectivity index (χ2v) is 6.77. The van der Waals surface area contributed by atoms with Gasteiger partial charge in [-0.05, 0) is 35.9 Å². The quantitative estimate of drug-likeness (QED) is 0.729. The molecule has 0 radical (unpaired) electrons. The summed E-state index contributed by atoms with van der Waals surface area (Å²) >= 11 is 6.16. The molecule has 2 amide bonds. The third-order valence-electron chi connectivity index (χ3n) is 4.65. The highest BCUT2D eigenvalue weighted by Gasteiger charge is 2.38. The minimum atomic E-state index is -0.633. The number of halogens is 1. The average molecular weight is 377 g/mol. The number of nitrogens with one attached hydrogen (secondary N) is 1. The summed E-state index contributed by atoms with van der Waals surface area (Å²) < 4.78 is 0. The second-order valence-electron chi connectivity index (χ2n) is 6.36. The van der Waals surface area contributed by atoms with Gasteiger partial charge in [0, 0.05) is 17.7 Å². The molecule has 1 aliphatic rings. The number of fused-ring (bicyclic) bond motifs is 1. The second kappa shape index (κ2) is 7.25. The van der Waals surface area contributed by atoms with Crippen LogP contribution in [0.5, 0.6) is 0 Å². The summed E-state index contributed by atoms with van der Waals surface area (Å²) in [4.78, 5) is 27.8. The van der Waals surface area contributed by atoms with Crippen molar-refractivity contribution in [2.75, 3.05) is 10.2 Å². The van der Waals surface area contributed by atoms with Gasteiger partial charge in [0.25, 0.3) is 5.91 Å². The summed E-state index contributed by atoms with van der Waals surface area (Å²) in [6, 6.07) is 23.0. The summed E-state index contributed by atoms with van der Waals surface area (Å²) in [6.45, 7) is 0. The lowest BCUT2D eigenvalue weighted by Gasteiger charge is -2.25. The molecule has 1 atom stereocenters. The van der Waals surface area contributed by atoms with E-state index in [9.17, 15) is 9.59 Å². The molecule has 0 bridgehead atoms. The van der Waals surface area contributed by atoms with Gasteiger partial charge in [0.1, 0.15) is 6.04 Å². The summed E-state index contributed by atoms with van der Waals surface area (Å²) in [7, 11) is 0. The zero-order valence-corrected chi connectivity index (χ0v) is 15.2. The van der Waals surface area contributed by atoms with Gasteiger partial charge in [-0.3, -0.25) is 14.5 Å². The lowest BCUT2D eigenvalue weighted by Crippen LogP contribution is -2.45. The Labute approximate surface area is 162 Å². The van der Waals surface area contributed by atoms with Crippen molar-refractivity contribution in [1.29, 1.82) is 0 Å². The molecule has 27 heavy (non-hydrogen) atoms. The topological polar surface area (TPSA) is 49.4 Å². The van der Waals surface area contributed by atoms with Gasteiger partial charge < -0.3 is 5.32 Å². The molecule has 4 nitrogen and oxygen atoms in total. The van der Waals surface area contributed by atoms with Crippen LogP contribution in [0.3, 0.4) is 0 Å². The molecular formula is C22H17ClN2O2. The van der Waals surface area contributed by atoms with E-state index in [-0.39, 0.29) is 11.8 Å². The van der Waals surface area contributed by atoms with Crippen LogP contribution in [-0.4, -0.2) is 17.9 Å². The molecule has 0 spiro atoms. The zero-order valence-electron chi connectivity index (χ0n) is 14.4. The van der Waals surface area contributed by atoms with Gasteiger partial charge in [-0.1, -0.05) is 60.1 Å². The molecular weight excluding hydrogens is 360 g/mol. The van der Waals surface area contributed by atoms with E-state index in [1.807, 2.05) is 42.5 Å². The summed E-state index contributed by atoms with van der Waals surface area (Å²) in [6.07, 6.45) is 0.463. The largest absolute Gasteiger partial charge is 0.323 e. The Morgan fingerprint density at radius 2 is 1.56 bits per heavy atom. The molecule has 0 fully saturated rings. The third-order valence-corrected chi connectivity index (χ3v) is 4.98. The number of amides is 2. The molecule has 5 heteroatoms. The van der Waals surface area contributed by atoms with E-state index in [2.05, 4.69) is 5.32 Å². The number of para-hydroxylation sites is 2. The molecule has 1 aliphatic heterocycles. The van der Waals surface area contributed by atoms with E-state index in [0.717, 1.165) is 11.3 Å². The smallest absolute Gasteiger partial charge is 0.259 e. The van der Waals surface area contributed by atoms with E-state index in [1.54, 1.807) is 41.3 Å². The Balaban J connectivity index is 1.68. The van der Waals surface area contributed by atoms with E-state index in [4.69, 9.17) is 11.6 Å². The maximum absolute atomic E-state index is 13.2. The van der Waals surface area contributed by atoms with Crippen molar-refractivity contribution < 1.29 is 9.59 Å². The van der Waals surface area contributed by atoms with Gasteiger partial charge >= 0.3 is 0 Å². The number of anilines is 2. The molecule has 0 unspecified atom stereocenters. The van der Waals surface area contributed by atoms with Crippen molar-refractivity contribution >= 4 is 34.8 Å². The van der Waals surface area contributed by atoms with E-state index in [1.165, 1.54) is 0 Å². The van der Waals surface area contributed by atoms with Crippen LogP contribution in [0.25, 0.3) is 0 Å². The first kappa shape index (κ1) is 17.3. The predicted octanol–water partition coefficient (Wildman–Crippen LogP) is 4.55. The molecule has 0 saturated heterocycles. The highest BCUT2D eigenvalue weighted by Crippen LogP contribution is 2.34. The van der Waals surface area contributed by atoms with Crippen molar-refractivity contribution in [3.05, 3.63) is 95.0 Å². The molecule has 0 saturated carbocycles. The molecule has 134 valence electrons. The third kappa shape index (κ3) is 3.32. The van der Waals surface area contributed by atoms with E-state index >= 15 is 0 Å². The van der Waals surface area contributed by atoms with Crippen LogP contribution >= 0.6 is 11.6 Å². The van der Waals surface area contributed by atoms with Gasteiger partial charge in [-0.15, -0.1) is 0 Å². The molecule has 0 aromatic heterocycles. The highest BCUT2D eigenvalue weighted by atomic mass is 35.5. The van der Waals surface area contributed by atoms with Crippen LogP contribution in [0, 0.1) is 0 Å². The lowest BCUT2D eigenvalue weighted by molar-refractivity contribution is -0.117. The molecule has 3 aromatic rings. The number of hydrogen-bond donors (Lipinski definition) is 1. The van der Waals surface area contributed by atoms with Crippen LogP contribution < -0.4 is 10.2 Å². The van der Waals surface area contributed by atoms with E-state index in [0.29, 0.717) is 22.7 Å². The number of rotatable bonds is 3. The van der Waals surface area contributed by atoms with Gasteiger partial charge in [0.15, 0.2) is 0 Å². The van der Waals surface area contributed by atoms with Crippen molar-refractivity contribution in [2.45, 2.75) is 12.5 Å². The molecule has 4 rings (SSSR count). The van der Waals surface area contributed by atoms with Gasteiger partial charge in [0.2, 0.25) is 5.91 Å². The summed E-state index contributed by atoms with van der Waals surface area (Å²) in [5, 5.41) is 3.32. The average Bonchev–Trinajstić information content (AvgIpc) is 3.09. The molecule has 1 N–H and O–H groups in total. The molecule has 0 aliphatic carbocycles. The maximum atomic E-state index is 13.2. The normalized spacial score (nSPS) is 15.3. The zero-order chi connectivity index (χ0) is 18.8. The minimum absolute atomic E-state index is 0.195. The lowest BCUT2D eigenvalue weighted by atomic mass is 10.1. The van der Waals surface area contributed by atoms with Crippen LogP contribution in [0.4, 0.5) is 11.4 Å². The Bertz CT molecular complexity index is 1000. The van der Waals surface area contributed by atoms with Crippen molar-refractivity contribution in [1.82, 2.24) is 0 Å². The minimum Gasteiger partial charge on any atom is -0.323 e. The van der Waals surface area contributed by atoms with Gasteiger partial charge in [-0.25, -0.2) is 0 Å². The maximum Gasteiger partial charge on any atom is 0.259 e. The fourth-order valence-electron chi connectivity index (χ4n) is 3.35. The van der Waals surface area contributed by atoms with Crippen LogP contribution in [0.1, 0.15) is 15.9 Å². The Hall–Kier alpha value is -3.11. The highest BCUT2D eigenvalue weighted by molar-refractivity contribution is 6.33. The number of carbonyl (C=O) groups is 2. The number of hydrogen-bond acceptors (Lipinski definition) is 2. The van der Waals surface area contributed by atoms with Crippen LogP contribution in [0.15, 0.2) is 78.9 Å². The van der Waals surface area contributed by atoms with Gasteiger partial charge in [-0.2, -0.15) is 0 Å². The predicted molar refractivity (Wildman–Crippen MR) is 107 cm³/mol. The van der Waals surface area contributed by atoms with Crippen molar-refractivity contribution in [3.8, 4) is 0 Å². The summed E-state index contributed by atoms with van der Waals surface area (Å²) in [5.74, 6) is -0.455. The number of nitrogens with zero attached hydrogens (tertiary/aromatic N) is 1. The Morgan fingerprint density at radius 3 is 2.33 bits per heavy atom. The fourth-order valence-corrected chi connectivity index (χ4v) is 3.53. The monoisotopic (exact) mass is 376 g/mol. The fraction of sp³-hybridized carbons (Fsp3) is 0.0909. The van der Waals surface area contributed by atoms with E-state index < -0.39 is 6.04 Å². The Kier molecular flexibility index (Phi) is 4.65. The first-order chi connectivity index (χ1) is 13.1. The Morgan fingerprint density at radius 1 is 0.889 bits per heavy atom. The SMILES string of the molecule is O=C(Nc1ccccc1Cl)[C@H]1Cc2ccccc2N1C(=O)c1ccccc1. The van der Waals surface area contributed by atoms with Crippen LogP contribution in [0.2, 0.25) is 5.02 Å². The van der Waals surface area contributed by atoms with Crippen molar-refractivity contribution in [3.63, 3.8) is 0 Å². The first-order valence-electron chi connectivity index (χ1n) is 8.67. The molecule has 1 heterocycles. The summed E-state index contributed by atoms with van der Waals surface area (Å²) in [5.41, 5.74) is 2.82. The number of benzene rings is 3. The molecule has 3 aromatic carbocycles. The van der Waals surface area contributed by atoms with Crippen LogP contribution in [-0.2, 0) is 11.2 Å². The van der Waals surface area contributed by atoms with Gasteiger partial charge in [0.05, 0.1) is 10.7 Å². The van der Waals surface area contributed by atoms with Crippen molar-refractivity contribution in [2.24, 2.45) is 0 Å². The standard InChI is InChI=1S/C22H17ClN2O2/c23-17-11-5-6-12-18(17)24-21(26)20-14-16-10-4-7-13-19(16)25(20)22(27)15-8-2-1-3-9-15/h1-13,20H,14H2,(H,24,26)/t20-/m1/s1.